The van der Waals surface area contributed by atoms with Crippen LogP contribution in [0.3, 0.4) is 0 Å². The molecule has 13 heavy (non-hydrogen) atoms. The fourth-order valence-corrected chi connectivity index (χ4v) is 2.23. The maximum atomic E-state index is 4.88. The van der Waals surface area contributed by atoms with Crippen molar-refractivity contribution in [3.05, 3.63) is 0 Å². The molecule has 78 valence electrons. The van der Waals surface area contributed by atoms with Crippen molar-refractivity contribution >= 4 is 18.8 Å². The molecule has 0 aliphatic carbocycles. The molecule has 0 aromatic rings. The van der Waals surface area contributed by atoms with Crippen molar-refractivity contribution in [3.63, 3.8) is 0 Å². The van der Waals surface area contributed by atoms with Gasteiger partial charge in [-0.2, -0.15) is 0 Å². The molecule has 0 unspecified atom stereocenters. The van der Waals surface area contributed by atoms with Gasteiger partial charge in [0, 0.05) is 0 Å². The molecule has 4 bridgehead atoms. The summed E-state index contributed by atoms with van der Waals surface area (Å²) in [6.07, 6.45) is 0. The first-order chi connectivity index (χ1) is 6.31. The van der Waals surface area contributed by atoms with Crippen LogP contribution in [0.15, 0.2) is 0 Å². The summed E-state index contributed by atoms with van der Waals surface area (Å²) in [4.78, 5) is 9.88. The zero-order valence-corrected chi connectivity index (χ0v) is 10.9. The van der Waals surface area contributed by atoms with Crippen molar-refractivity contribution in [2.75, 3.05) is 40.0 Å². The van der Waals surface area contributed by atoms with E-state index in [-0.39, 0.29) is 0 Å². The fourth-order valence-electron chi connectivity index (χ4n) is 2.23. The Hall–Kier alpha value is 1.11. The Morgan fingerprint density at radius 2 is 0.769 bits per heavy atom. The van der Waals surface area contributed by atoms with Crippen LogP contribution in [-0.4, -0.2) is 59.6 Å². The van der Waals surface area contributed by atoms with Gasteiger partial charge in [-0.25, -0.2) is 0 Å². The average molecular weight is 406 g/mol. The molecule has 7 heteroatoms. The first-order valence-corrected chi connectivity index (χ1v) is 9.66. The molecule has 0 aromatic heterocycles. The zero-order chi connectivity index (χ0) is 9.26. The normalized spacial score (nSPS) is 46.0. The molecule has 0 saturated carbocycles. The summed E-state index contributed by atoms with van der Waals surface area (Å²) in [6.45, 7) is 7.12. The topological polar surface area (TPSA) is 13.0 Å². The molecule has 0 spiro atoms. The molecular weight excluding hydrogens is 394 g/mol. The van der Waals surface area contributed by atoms with Crippen LogP contribution in [-0.2, 0) is 16.5 Å². The fraction of sp³-hybridized carbons (Fsp3) is 1.00. The molecule has 0 atom stereocenters. The zero-order valence-electron chi connectivity index (χ0n) is 7.10. The van der Waals surface area contributed by atoms with Crippen LogP contribution >= 0.6 is 18.8 Å². The van der Waals surface area contributed by atoms with Crippen molar-refractivity contribution < 1.29 is 16.5 Å². The van der Waals surface area contributed by atoms with Crippen molar-refractivity contribution in [3.8, 4) is 0 Å². The van der Waals surface area contributed by atoms with Gasteiger partial charge >= 0.3 is 35.3 Å². The van der Waals surface area contributed by atoms with E-state index in [1.165, 1.54) is 40.0 Å². The Kier molecular flexibility index (Phi) is 3.88. The van der Waals surface area contributed by atoms with Crippen LogP contribution in [0.4, 0.5) is 0 Å². The van der Waals surface area contributed by atoms with Gasteiger partial charge in [0.25, 0.3) is 0 Å². The minimum atomic E-state index is -0.472. The average Bonchev–Trinajstić information content (AvgIpc) is 2.01. The van der Waals surface area contributed by atoms with Gasteiger partial charge < -0.3 is 0 Å². The van der Waals surface area contributed by atoms with Crippen LogP contribution < -0.4 is 0 Å². The maximum absolute atomic E-state index is 4.88. The van der Waals surface area contributed by atoms with Crippen LogP contribution in [0.25, 0.3) is 0 Å². The Labute approximate surface area is 94.7 Å². The monoisotopic (exact) mass is 405 g/mol. The number of rotatable bonds is 0. The molecule has 0 aromatic carbocycles. The number of halogens is 2. The van der Waals surface area contributed by atoms with Gasteiger partial charge in [-0.1, -0.05) is 0 Å². The summed E-state index contributed by atoms with van der Waals surface area (Å²) < 4.78 is 0. The summed E-state index contributed by atoms with van der Waals surface area (Å²) in [7, 11) is 9.75. The van der Waals surface area contributed by atoms with Crippen LogP contribution in [0, 0.1) is 0 Å². The van der Waals surface area contributed by atoms with Crippen molar-refractivity contribution in [2.45, 2.75) is 0 Å². The first kappa shape index (κ1) is 10.6. The third-order valence-electron chi connectivity index (χ3n) is 2.40. The second kappa shape index (κ2) is 4.75. The van der Waals surface area contributed by atoms with E-state index in [2.05, 4.69) is 19.6 Å². The molecule has 0 N–H and O–H groups in total. The Morgan fingerprint density at radius 3 is 0.923 bits per heavy atom. The number of nitrogens with zero attached hydrogens (tertiary/aromatic N) is 4. The third-order valence-corrected chi connectivity index (χ3v) is 2.40. The Balaban J connectivity index is 0.000000196. The molecule has 4 aliphatic heterocycles. The van der Waals surface area contributed by atoms with E-state index in [9.17, 15) is 0 Å². The molecule has 4 fully saturated rings. The number of hydrogen-bond acceptors (Lipinski definition) is 4. The predicted octanol–water partition coefficient (Wildman–Crippen LogP) is 0.357. The van der Waals surface area contributed by atoms with E-state index in [1.54, 1.807) is 0 Å². The van der Waals surface area contributed by atoms with Crippen molar-refractivity contribution in [1.29, 1.82) is 0 Å². The molecule has 4 aliphatic rings. The number of hydrogen-bond donors (Lipinski definition) is 0. The molecule has 0 radical (unpaired) electrons. The van der Waals surface area contributed by atoms with Gasteiger partial charge in [0.1, 0.15) is 0 Å². The van der Waals surface area contributed by atoms with Crippen molar-refractivity contribution in [1.82, 2.24) is 19.6 Å². The van der Waals surface area contributed by atoms with Crippen molar-refractivity contribution in [2.24, 2.45) is 0 Å². The summed E-state index contributed by atoms with van der Waals surface area (Å²) >= 11 is -0.472. The molecule has 0 amide bonds. The second-order valence-corrected chi connectivity index (χ2v) is 6.86. The Morgan fingerprint density at radius 1 is 0.615 bits per heavy atom. The van der Waals surface area contributed by atoms with E-state index in [0.29, 0.717) is 0 Å². The summed E-state index contributed by atoms with van der Waals surface area (Å²) in [6, 6.07) is 0. The van der Waals surface area contributed by atoms with Crippen LogP contribution in [0.1, 0.15) is 0 Å². The van der Waals surface area contributed by atoms with Gasteiger partial charge in [-0.15, -0.1) is 0 Å². The molecule has 4 saturated heterocycles. The minimum absolute atomic E-state index is 0.472. The summed E-state index contributed by atoms with van der Waals surface area (Å²) in [5.41, 5.74) is 0. The summed E-state index contributed by atoms with van der Waals surface area (Å²) in [5.74, 6) is 0. The SMILES string of the molecule is C1N2CN3CN1CN(C2)C3.[Cl][Pt+2][Cl]. The van der Waals surface area contributed by atoms with E-state index in [1.807, 2.05) is 0 Å². The van der Waals surface area contributed by atoms with Gasteiger partial charge in [0.05, 0.1) is 40.0 Å². The molecular formula is C6H12Cl2N4Pt+2. The Bertz CT molecular complexity index is 125. The van der Waals surface area contributed by atoms with E-state index >= 15 is 0 Å². The van der Waals surface area contributed by atoms with E-state index in [4.69, 9.17) is 18.8 Å². The summed E-state index contributed by atoms with van der Waals surface area (Å²) in [5, 5.41) is 0. The standard InChI is InChI=1S/C6H12N4.2ClH.Pt/c1-7-2-9-4-8(1)5-10(3-7)6-9;;;/h1-6H2;2*1H;/q;;;+4/p-2. The first-order valence-electron chi connectivity index (χ1n) is 4.03. The molecule has 4 rings (SSSR count). The van der Waals surface area contributed by atoms with Gasteiger partial charge in [-0.05, 0) is 0 Å². The van der Waals surface area contributed by atoms with E-state index in [0.717, 1.165) is 0 Å². The van der Waals surface area contributed by atoms with Crippen LogP contribution in [0.5, 0.6) is 0 Å². The molecule has 4 heterocycles. The van der Waals surface area contributed by atoms with Crippen LogP contribution in [0.2, 0.25) is 0 Å². The predicted molar refractivity (Wildman–Crippen MR) is 48.3 cm³/mol. The van der Waals surface area contributed by atoms with E-state index < -0.39 is 16.5 Å². The quantitative estimate of drug-likeness (QED) is 0.576. The third kappa shape index (κ3) is 2.57. The van der Waals surface area contributed by atoms with Gasteiger partial charge in [-0.3, -0.25) is 19.6 Å². The van der Waals surface area contributed by atoms with Gasteiger partial charge in [0.15, 0.2) is 0 Å². The second-order valence-electron chi connectivity index (χ2n) is 3.58. The van der Waals surface area contributed by atoms with Gasteiger partial charge in [0.2, 0.25) is 0 Å². The molecule has 4 nitrogen and oxygen atoms in total.